The van der Waals surface area contributed by atoms with Crippen molar-refractivity contribution in [1.29, 1.82) is 0 Å². The molecule has 0 saturated heterocycles. The average molecular weight is 184 g/mol. The molecule has 0 spiro atoms. The van der Waals surface area contributed by atoms with Gasteiger partial charge >= 0.3 is 0 Å². The van der Waals surface area contributed by atoms with Crippen molar-refractivity contribution < 1.29 is 0 Å². The monoisotopic (exact) mass is 184 g/mol. The summed E-state index contributed by atoms with van der Waals surface area (Å²) in [5.74, 6) is 3.21. The summed E-state index contributed by atoms with van der Waals surface area (Å²) in [5.41, 5.74) is 1.43. The fraction of sp³-hybridized carbons (Fsp3) is 0.636. The molecule has 0 rings (SSSR count). The SMILES string of the molecule is CC=CC(=CC)CSCC(C)C. The van der Waals surface area contributed by atoms with Crippen LogP contribution in [0.15, 0.2) is 23.8 Å². The molecule has 0 aliphatic carbocycles. The molecule has 0 aromatic heterocycles. The van der Waals surface area contributed by atoms with Gasteiger partial charge < -0.3 is 0 Å². The van der Waals surface area contributed by atoms with Crippen molar-refractivity contribution >= 4 is 11.8 Å². The van der Waals surface area contributed by atoms with Gasteiger partial charge in [-0.3, -0.25) is 0 Å². The molecule has 1 heteroatoms. The summed E-state index contributed by atoms with van der Waals surface area (Å²) < 4.78 is 0. The molecule has 0 fully saturated rings. The van der Waals surface area contributed by atoms with Gasteiger partial charge in [0, 0.05) is 5.75 Å². The van der Waals surface area contributed by atoms with Crippen LogP contribution in [0, 0.1) is 5.92 Å². The number of allylic oxidation sites excluding steroid dienone is 3. The van der Waals surface area contributed by atoms with E-state index in [1.165, 1.54) is 11.3 Å². The zero-order chi connectivity index (χ0) is 9.40. The molecule has 0 atom stereocenters. The van der Waals surface area contributed by atoms with Crippen molar-refractivity contribution in [2.45, 2.75) is 27.7 Å². The van der Waals surface area contributed by atoms with E-state index in [1.807, 2.05) is 11.8 Å². The molecule has 0 unspecified atom stereocenters. The van der Waals surface area contributed by atoms with Gasteiger partial charge in [-0.05, 0) is 31.1 Å². The van der Waals surface area contributed by atoms with Crippen LogP contribution in [-0.4, -0.2) is 11.5 Å². The third-order valence-corrected chi connectivity index (χ3v) is 2.91. The van der Waals surface area contributed by atoms with Gasteiger partial charge in [-0.15, -0.1) is 0 Å². The fourth-order valence-electron chi connectivity index (χ4n) is 0.854. The third kappa shape index (κ3) is 6.53. The Bertz CT molecular complexity index is 154. The molecule has 0 N–H and O–H groups in total. The Labute approximate surface area is 81.1 Å². The van der Waals surface area contributed by atoms with Gasteiger partial charge in [-0.25, -0.2) is 0 Å². The molecule has 70 valence electrons. The normalized spacial score (nSPS) is 13.2. The summed E-state index contributed by atoms with van der Waals surface area (Å²) in [5, 5.41) is 0. The second kappa shape index (κ2) is 7.48. The molecular weight excluding hydrogens is 164 g/mol. The lowest BCUT2D eigenvalue weighted by atomic mass is 10.3. The number of rotatable bonds is 5. The first-order chi connectivity index (χ1) is 5.70. The number of hydrogen-bond acceptors (Lipinski definition) is 1. The zero-order valence-electron chi connectivity index (χ0n) is 8.63. The second-order valence-electron chi connectivity index (χ2n) is 3.27. The summed E-state index contributed by atoms with van der Waals surface area (Å²) >= 11 is 2.01. The van der Waals surface area contributed by atoms with E-state index in [4.69, 9.17) is 0 Å². The first-order valence-electron chi connectivity index (χ1n) is 4.56. The Morgan fingerprint density at radius 1 is 1.33 bits per heavy atom. The molecule has 0 amide bonds. The standard InChI is InChI=1S/C11H20S/c1-5-7-11(6-2)9-12-8-10(3)4/h5-7,10H,8-9H2,1-4H3. The van der Waals surface area contributed by atoms with Crippen molar-refractivity contribution in [2.75, 3.05) is 11.5 Å². The molecule has 12 heavy (non-hydrogen) atoms. The van der Waals surface area contributed by atoms with E-state index in [9.17, 15) is 0 Å². The van der Waals surface area contributed by atoms with Gasteiger partial charge in [0.2, 0.25) is 0 Å². The highest BCUT2D eigenvalue weighted by Gasteiger charge is 1.95. The maximum atomic E-state index is 2.26. The molecule has 0 nitrogen and oxygen atoms in total. The zero-order valence-corrected chi connectivity index (χ0v) is 9.45. The molecule has 0 aromatic rings. The highest BCUT2D eigenvalue weighted by Crippen LogP contribution is 2.12. The maximum Gasteiger partial charge on any atom is 0.0181 e. The van der Waals surface area contributed by atoms with E-state index in [0.29, 0.717) is 0 Å². The van der Waals surface area contributed by atoms with Gasteiger partial charge in [-0.1, -0.05) is 32.1 Å². The van der Waals surface area contributed by atoms with Crippen LogP contribution < -0.4 is 0 Å². The molecule has 0 aliphatic heterocycles. The molecule has 0 radical (unpaired) electrons. The van der Waals surface area contributed by atoms with E-state index in [0.717, 1.165) is 11.7 Å². The molecular formula is C11H20S. The minimum Gasteiger partial charge on any atom is -0.157 e. The van der Waals surface area contributed by atoms with Crippen LogP contribution in [0.4, 0.5) is 0 Å². The van der Waals surface area contributed by atoms with Crippen LogP contribution in [0.2, 0.25) is 0 Å². The van der Waals surface area contributed by atoms with Crippen LogP contribution in [-0.2, 0) is 0 Å². The van der Waals surface area contributed by atoms with Crippen molar-refractivity contribution in [3.63, 3.8) is 0 Å². The fourth-order valence-corrected chi connectivity index (χ4v) is 1.94. The lowest BCUT2D eigenvalue weighted by Gasteiger charge is -2.04. The van der Waals surface area contributed by atoms with E-state index in [2.05, 4.69) is 45.9 Å². The van der Waals surface area contributed by atoms with Crippen LogP contribution in [0.1, 0.15) is 27.7 Å². The summed E-state index contributed by atoms with van der Waals surface area (Å²) in [6.07, 6.45) is 6.48. The van der Waals surface area contributed by atoms with E-state index >= 15 is 0 Å². The van der Waals surface area contributed by atoms with Crippen molar-refractivity contribution in [3.05, 3.63) is 23.8 Å². The highest BCUT2D eigenvalue weighted by atomic mass is 32.2. The average Bonchev–Trinajstić information content (AvgIpc) is 2.02. The predicted octanol–water partition coefficient (Wildman–Crippen LogP) is 3.90. The van der Waals surface area contributed by atoms with Crippen LogP contribution >= 0.6 is 11.8 Å². The first kappa shape index (κ1) is 11.8. The van der Waals surface area contributed by atoms with Crippen molar-refractivity contribution in [3.8, 4) is 0 Å². The highest BCUT2D eigenvalue weighted by molar-refractivity contribution is 7.99. The van der Waals surface area contributed by atoms with Crippen LogP contribution in [0.3, 0.4) is 0 Å². The quantitative estimate of drug-likeness (QED) is 0.584. The van der Waals surface area contributed by atoms with E-state index in [-0.39, 0.29) is 0 Å². The topological polar surface area (TPSA) is 0 Å². The van der Waals surface area contributed by atoms with Gasteiger partial charge in [0.05, 0.1) is 0 Å². The minimum atomic E-state index is 0.804. The number of hydrogen-bond donors (Lipinski definition) is 0. The Morgan fingerprint density at radius 3 is 2.42 bits per heavy atom. The smallest absolute Gasteiger partial charge is 0.0181 e. The summed E-state index contributed by atoms with van der Waals surface area (Å²) in [6.45, 7) is 8.69. The largest absolute Gasteiger partial charge is 0.157 e. The van der Waals surface area contributed by atoms with E-state index in [1.54, 1.807) is 0 Å². The van der Waals surface area contributed by atoms with Crippen LogP contribution in [0.5, 0.6) is 0 Å². The first-order valence-corrected chi connectivity index (χ1v) is 5.71. The third-order valence-electron chi connectivity index (χ3n) is 1.47. The summed E-state index contributed by atoms with van der Waals surface area (Å²) in [6, 6.07) is 0. The Morgan fingerprint density at radius 2 is 2.00 bits per heavy atom. The van der Waals surface area contributed by atoms with Gasteiger partial charge in [0.15, 0.2) is 0 Å². The van der Waals surface area contributed by atoms with Crippen molar-refractivity contribution in [1.82, 2.24) is 0 Å². The second-order valence-corrected chi connectivity index (χ2v) is 4.30. The molecule has 0 heterocycles. The van der Waals surface area contributed by atoms with Crippen molar-refractivity contribution in [2.24, 2.45) is 5.92 Å². The lowest BCUT2D eigenvalue weighted by molar-refractivity contribution is 0.750. The van der Waals surface area contributed by atoms with Gasteiger partial charge in [0.25, 0.3) is 0 Å². The molecule has 0 aromatic carbocycles. The van der Waals surface area contributed by atoms with Crippen LogP contribution in [0.25, 0.3) is 0 Å². The summed E-state index contributed by atoms with van der Waals surface area (Å²) in [4.78, 5) is 0. The molecule has 0 bridgehead atoms. The summed E-state index contributed by atoms with van der Waals surface area (Å²) in [7, 11) is 0. The van der Waals surface area contributed by atoms with Gasteiger partial charge in [0.1, 0.15) is 0 Å². The Hall–Kier alpha value is -0.170. The molecule has 0 aliphatic rings. The lowest BCUT2D eigenvalue weighted by Crippen LogP contribution is -1.93. The predicted molar refractivity (Wildman–Crippen MR) is 60.7 cm³/mol. The Balaban J connectivity index is 3.60. The maximum absolute atomic E-state index is 2.26. The molecule has 0 saturated carbocycles. The minimum absolute atomic E-state index is 0.804. The number of thioether (sulfide) groups is 1. The Kier molecular flexibility index (Phi) is 7.37. The van der Waals surface area contributed by atoms with E-state index < -0.39 is 0 Å². The van der Waals surface area contributed by atoms with Gasteiger partial charge in [-0.2, -0.15) is 11.8 Å².